The molecule has 1 aromatic heterocycles. The van der Waals surface area contributed by atoms with Crippen LogP contribution in [0, 0.1) is 11.3 Å². The Morgan fingerprint density at radius 1 is 0.939 bits per heavy atom. The molecule has 6 heteroatoms. The van der Waals surface area contributed by atoms with Gasteiger partial charge in [0.1, 0.15) is 10.1 Å². The van der Waals surface area contributed by atoms with Gasteiger partial charge in [0.2, 0.25) is 0 Å². The summed E-state index contributed by atoms with van der Waals surface area (Å²) in [6, 6.07) is 18.7. The van der Waals surface area contributed by atoms with Crippen molar-refractivity contribution in [3.63, 3.8) is 0 Å². The van der Waals surface area contributed by atoms with Crippen LogP contribution in [0.2, 0.25) is 8.67 Å². The highest BCUT2D eigenvalue weighted by Gasteiger charge is 2.54. The lowest BCUT2D eigenvalue weighted by atomic mass is 9.49. The molecule has 33 heavy (non-hydrogen) atoms. The molecule has 0 unspecified atom stereocenters. The highest BCUT2D eigenvalue weighted by atomic mass is 35.5. The molecule has 2 fully saturated rings. The Morgan fingerprint density at radius 2 is 1.58 bits per heavy atom. The Labute approximate surface area is 208 Å². The van der Waals surface area contributed by atoms with Crippen molar-refractivity contribution in [2.24, 2.45) is 11.3 Å². The monoisotopic (exact) mass is 497 g/mol. The maximum absolute atomic E-state index is 13.1. The molecule has 2 aliphatic carbocycles. The summed E-state index contributed by atoms with van der Waals surface area (Å²) in [5.41, 5.74) is 4.93. The summed E-state index contributed by atoms with van der Waals surface area (Å²) in [4.78, 5) is 24.6. The van der Waals surface area contributed by atoms with E-state index in [-0.39, 0.29) is 29.1 Å². The molecule has 0 saturated heterocycles. The van der Waals surface area contributed by atoms with E-state index < -0.39 is 0 Å². The Hall–Kier alpha value is -2.14. The van der Waals surface area contributed by atoms with E-state index >= 15 is 0 Å². The summed E-state index contributed by atoms with van der Waals surface area (Å²) in [6.07, 6.45) is 4.35. The van der Waals surface area contributed by atoms with E-state index in [1.165, 1.54) is 16.9 Å². The quantitative estimate of drug-likeness (QED) is 0.391. The molecule has 0 aliphatic heterocycles. The van der Waals surface area contributed by atoms with Crippen molar-refractivity contribution in [1.82, 2.24) is 5.32 Å². The first kappa shape index (κ1) is 22.6. The second-order valence-electron chi connectivity index (χ2n) is 9.54. The van der Waals surface area contributed by atoms with E-state index in [4.69, 9.17) is 23.2 Å². The van der Waals surface area contributed by atoms with Crippen molar-refractivity contribution in [1.29, 1.82) is 0 Å². The fourth-order valence-corrected chi connectivity index (χ4v) is 7.11. The van der Waals surface area contributed by atoms with Crippen LogP contribution in [0.4, 0.5) is 0 Å². The molecule has 2 aliphatic rings. The van der Waals surface area contributed by atoms with Crippen LogP contribution in [0.1, 0.15) is 54.1 Å². The molecule has 3 nitrogen and oxygen atoms in total. The Kier molecular flexibility index (Phi) is 6.11. The number of amides is 1. The lowest BCUT2D eigenvalue weighted by Gasteiger charge is -2.57. The van der Waals surface area contributed by atoms with E-state index in [9.17, 15) is 9.59 Å². The molecule has 1 heterocycles. The van der Waals surface area contributed by atoms with Crippen LogP contribution in [-0.2, 0) is 11.2 Å². The zero-order chi connectivity index (χ0) is 23.2. The molecule has 1 spiro atoms. The van der Waals surface area contributed by atoms with Gasteiger partial charge in [-0.2, -0.15) is 0 Å². The predicted molar refractivity (Wildman–Crippen MR) is 135 cm³/mol. The van der Waals surface area contributed by atoms with Gasteiger partial charge in [-0.15, -0.1) is 11.3 Å². The first-order chi connectivity index (χ1) is 15.8. The van der Waals surface area contributed by atoms with Gasteiger partial charge in [-0.3, -0.25) is 9.59 Å². The zero-order valence-electron chi connectivity index (χ0n) is 18.4. The van der Waals surface area contributed by atoms with Crippen molar-refractivity contribution in [2.75, 3.05) is 0 Å². The molecule has 170 valence electrons. The van der Waals surface area contributed by atoms with Gasteiger partial charge < -0.3 is 5.32 Å². The minimum absolute atomic E-state index is 0.137. The van der Waals surface area contributed by atoms with Gasteiger partial charge in [-0.25, -0.2) is 0 Å². The number of hydrogen-bond donors (Lipinski definition) is 1. The van der Waals surface area contributed by atoms with Gasteiger partial charge in [0.15, 0.2) is 0 Å². The smallest absolute Gasteiger partial charge is 0.254 e. The third-order valence-corrected chi connectivity index (χ3v) is 8.90. The summed E-state index contributed by atoms with van der Waals surface area (Å²) in [7, 11) is 0. The SMILES string of the molecule is CC(=O)C1CC2(CC(NC(=O)c3c(Cl)sc(Cl)c3Cc3ccc(-c4ccccc4)cc3)C2)C1. The second kappa shape index (κ2) is 8.90. The number of hydrogen-bond acceptors (Lipinski definition) is 3. The largest absolute Gasteiger partial charge is 0.349 e. The van der Waals surface area contributed by atoms with Crippen LogP contribution in [0.25, 0.3) is 11.1 Å². The number of ketones is 1. The Bertz CT molecular complexity index is 1190. The van der Waals surface area contributed by atoms with Crippen molar-refractivity contribution < 1.29 is 9.59 Å². The fourth-order valence-electron chi connectivity index (χ4n) is 5.39. The van der Waals surface area contributed by atoms with E-state index in [1.54, 1.807) is 6.92 Å². The van der Waals surface area contributed by atoms with Crippen LogP contribution in [0.5, 0.6) is 0 Å². The Morgan fingerprint density at radius 3 is 2.21 bits per heavy atom. The van der Waals surface area contributed by atoms with E-state index in [1.807, 2.05) is 18.2 Å². The number of Topliss-reactive ketones (excluding diaryl/α,β-unsaturated/α-hetero) is 1. The molecule has 2 aromatic carbocycles. The number of thiophene rings is 1. The average molecular weight is 498 g/mol. The first-order valence-electron chi connectivity index (χ1n) is 11.3. The number of carbonyl (C=O) groups excluding carboxylic acids is 2. The van der Waals surface area contributed by atoms with Gasteiger partial charge in [0.25, 0.3) is 5.91 Å². The molecule has 0 radical (unpaired) electrons. The molecular formula is C27H25Cl2NO2S. The lowest BCUT2D eigenvalue weighted by molar-refractivity contribution is -0.134. The van der Waals surface area contributed by atoms with Gasteiger partial charge in [0.05, 0.1) is 9.90 Å². The molecule has 0 atom stereocenters. The molecule has 2 saturated carbocycles. The van der Waals surface area contributed by atoms with Crippen LogP contribution < -0.4 is 5.32 Å². The van der Waals surface area contributed by atoms with Gasteiger partial charge in [-0.1, -0.05) is 77.8 Å². The van der Waals surface area contributed by atoms with Crippen LogP contribution in [0.15, 0.2) is 54.6 Å². The summed E-state index contributed by atoms with van der Waals surface area (Å²) in [5, 5.41) is 3.15. The third kappa shape index (κ3) is 4.49. The lowest BCUT2D eigenvalue weighted by Crippen LogP contribution is -2.57. The van der Waals surface area contributed by atoms with Crippen LogP contribution in [-0.4, -0.2) is 17.7 Å². The summed E-state index contributed by atoms with van der Waals surface area (Å²) in [6.45, 7) is 1.68. The summed E-state index contributed by atoms with van der Waals surface area (Å²) < 4.78 is 0.994. The predicted octanol–water partition coefficient (Wildman–Crippen LogP) is 7.19. The normalized spacial score (nSPS) is 23.6. The standard InChI is InChI=1S/C27H25Cl2NO2S/c1-16(31)20-12-27(13-20)14-21(15-27)30-26(32)23-22(24(28)33-25(23)29)11-17-7-9-19(10-8-17)18-5-3-2-4-6-18/h2-10,20-21H,11-15H2,1H3,(H,30,32). The van der Waals surface area contributed by atoms with Crippen molar-refractivity contribution in [3.05, 3.63) is 80.0 Å². The van der Waals surface area contributed by atoms with Gasteiger partial charge in [-0.05, 0) is 54.7 Å². The van der Waals surface area contributed by atoms with Crippen LogP contribution in [0.3, 0.4) is 0 Å². The molecule has 1 amide bonds. The van der Waals surface area contributed by atoms with E-state index in [0.29, 0.717) is 20.7 Å². The number of benzene rings is 2. The first-order valence-corrected chi connectivity index (χ1v) is 12.8. The average Bonchev–Trinajstić information content (AvgIpc) is 3.02. The van der Waals surface area contributed by atoms with Crippen molar-refractivity contribution in [2.45, 2.75) is 45.1 Å². The minimum atomic E-state index is -0.152. The maximum Gasteiger partial charge on any atom is 0.254 e. The van der Waals surface area contributed by atoms with Crippen molar-refractivity contribution >= 4 is 46.2 Å². The number of halogens is 2. The number of carbonyl (C=O) groups is 2. The van der Waals surface area contributed by atoms with Crippen molar-refractivity contribution in [3.8, 4) is 11.1 Å². The second-order valence-corrected chi connectivity index (χ2v) is 11.8. The fraction of sp³-hybridized carbons (Fsp3) is 0.333. The molecule has 3 aromatic rings. The molecule has 0 bridgehead atoms. The number of nitrogens with one attached hydrogen (secondary N) is 1. The van der Waals surface area contributed by atoms with Gasteiger partial charge in [0, 0.05) is 23.9 Å². The summed E-state index contributed by atoms with van der Waals surface area (Å²) >= 11 is 14.2. The number of rotatable bonds is 6. The van der Waals surface area contributed by atoms with E-state index in [2.05, 4.69) is 41.7 Å². The topological polar surface area (TPSA) is 46.2 Å². The molecular weight excluding hydrogens is 473 g/mol. The third-order valence-electron chi connectivity index (χ3n) is 7.21. The highest BCUT2D eigenvalue weighted by Crippen LogP contribution is 2.59. The zero-order valence-corrected chi connectivity index (χ0v) is 20.7. The Balaban J connectivity index is 1.26. The summed E-state index contributed by atoms with van der Waals surface area (Å²) in [5.74, 6) is 0.349. The minimum Gasteiger partial charge on any atom is -0.349 e. The van der Waals surface area contributed by atoms with Crippen LogP contribution >= 0.6 is 34.5 Å². The molecule has 5 rings (SSSR count). The van der Waals surface area contributed by atoms with Gasteiger partial charge >= 0.3 is 0 Å². The highest BCUT2D eigenvalue weighted by molar-refractivity contribution is 7.20. The van der Waals surface area contributed by atoms with E-state index in [0.717, 1.165) is 42.4 Å². The maximum atomic E-state index is 13.1. The molecule has 1 N–H and O–H groups in total.